The van der Waals surface area contributed by atoms with Crippen molar-refractivity contribution >= 4 is 45.0 Å². The Labute approximate surface area is 187 Å². The minimum Gasteiger partial charge on any atom is -0.348 e. The normalized spacial score (nSPS) is 12.6. The largest absolute Gasteiger partial charge is 0.348 e. The van der Waals surface area contributed by atoms with E-state index < -0.39 is 0 Å². The molecule has 0 saturated heterocycles. The van der Waals surface area contributed by atoms with Crippen molar-refractivity contribution in [3.8, 4) is 6.07 Å². The van der Waals surface area contributed by atoms with Crippen LogP contribution < -0.4 is 15.5 Å². The van der Waals surface area contributed by atoms with Crippen LogP contribution in [-0.2, 0) is 13.1 Å². The van der Waals surface area contributed by atoms with Crippen molar-refractivity contribution in [1.29, 1.82) is 5.26 Å². The zero-order valence-corrected chi connectivity index (χ0v) is 18.3. The molecule has 0 spiro atoms. The fourth-order valence-electron chi connectivity index (χ4n) is 3.77. The first kappa shape index (κ1) is 19.9. The maximum Gasteiger partial charge on any atom is 0.325 e. The van der Waals surface area contributed by atoms with Crippen LogP contribution in [0.2, 0.25) is 0 Å². The standard InChI is InChI=1S/C21H19N9OS/c1-12-7-15(4-3-14(12)8-22)26-20(31)27-21-23-9-16(32-21)10-29-5-6-30-18-17(13(2)28-30)24-11-25-19(18)29/h3-4,7,9,11H,5-6,10H2,1-2H3,(H2,23,26,27,31). The summed E-state index contributed by atoms with van der Waals surface area (Å²) in [4.78, 5) is 28.7. The Morgan fingerprint density at radius 1 is 1.22 bits per heavy atom. The van der Waals surface area contributed by atoms with E-state index in [1.54, 1.807) is 30.7 Å². The molecular weight excluding hydrogens is 426 g/mol. The van der Waals surface area contributed by atoms with Crippen molar-refractivity contribution in [1.82, 2.24) is 24.7 Å². The van der Waals surface area contributed by atoms with Gasteiger partial charge in [-0.2, -0.15) is 10.4 Å². The van der Waals surface area contributed by atoms with Gasteiger partial charge in [0.05, 0.1) is 30.4 Å². The molecule has 32 heavy (non-hydrogen) atoms. The van der Waals surface area contributed by atoms with E-state index in [0.717, 1.165) is 46.1 Å². The molecule has 0 aliphatic carbocycles. The van der Waals surface area contributed by atoms with Crippen LogP contribution in [0, 0.1) is 25.2 Å². The molecule has 4 heterocycles. The third-order valence-electron chi connectivity index (χ3n) is 5.28. The molecule has 2 N–H and O–H groups in total. The minimum atomic E-state index is -0.384. The Morgan fingerprint density at radius 3 is 2.91 bits per heavy atom. The molecule has 0 bridgehead atoms. The van der Waals surface area contributed by atoms with Gasteiger partial charge in [0, 0.05) is 23.3 Å². The zero-order chi connectivity index (χ0) is 22.2. The number of nitrogens with one attached hydrogen (secondary N) is 2. The number of urea groups is 1. The fraction of sp³-hybridized carbons (Fsp3) is 0.238. The highest BCUT2D eigenvalue weighted by atomic mass is 32.1. The summed E-state index contributed by atoms with van der Waals surface area (Å²) < 4.78 is 1.96. The topological polar surface area (TPSA) is 125 Å². The molecule has 0 radical (unpaired) electrons. The van der Waals surface area contributed by atoms with Crippen molar-refractivity contribution in [3.63, 3.8) is 0 Å². The molecular formula is C21H19N9OS. The molecule has 11 heteroatoms. The molecule has 5 rings (SSSR count). The lowest BCUT2D eigenvalue weighted by molar-refractivity contribution is 0.262. The average molecular weight is 446 g/mol. The van der Waals surface area contributed by atoms with Crippen LogP contribution >= 0.6 is 11.3 Å². The molecule has 2 amide bonds. The Balaban J connectivity index is 1.27. The summed E-state index contributed by atoms with van der Waals surface area (Å²) in [7, 11) is 0. The number of nitriles is 1. The average Bonchev–Trinajstić information content (AvgIpc) is 3.35. The number of anilines is 3. The predicted molar refractivity (Wildman–Crippen MR) is 122 cm³/mol. The summed E-state index contributed by atoms with van der Waals surface area (Å²) in [5.74, 6) is 0.860. The van der Waals surface area contributed by atoms with Gasteiger partial charge in [-0.05, 0) is 37.6 Å². The lowest BCUT2D eigenvalue weighted by Crippen LogP contribution is -2.32. The van der Waals surface area contributed by atoms with Gasteiger partial charge < -0.3 is 10.2 Å². The molecule has 0 atom stereocenters. The van der Waals surface area contributed by atoms with Gasteiger partial charge in [-0.3, -0.25) is 10.00 Å². The first-order chi connectivity index (χ1) is 15.5. The monoisotopic (exact) mass is 445 g/mol. The Bertz CT molecular complexity index is 1380. The van der Waals surface area contributed by atoms with E-state index in [1.165, 1.54) is 11.3 Å². The van der Waals surface area contributed by atoms with E-state index in [0.29, 0.717) is 22.9 Å². The number of nitrogens with zero attached hydrogens (tertiary/aromatic N) is 7. The van der Waals surface area contributed by atoms with Crippen LogP contribution in [0.15, 0.2) is 30.7 Å². The molecule has 0 unspecified atom stereocenters. The number of hydrogen-bond acceptors (Lipinski definition) is 8. The second-order valence-corrected chi connectivity index (χ2v) is 8.59. The molecule has 3 aromatic heterocycles. The number of aromatic nitrogens is 5. The lowest BCUT2D eigenvalue weighted by Gasteiger charge is -2.27. The number of benzene rings is 1. The minimum absolute atomic E-state index is 0.384. The maximum absolute atomic E-state index is 12.4. The SMILES string of the molecule is Cc1cc(NC(=O)Nc2ncc(CN3CCn4nc(C)c5ncnc3c54)s2)ccc1C#N. The number of amides is 2. The van der Waals surface area contributed by atoms with E-state index in [1.807, 2.05) is 18.5 Å². The molecule has 0 fully saturated rings. The highest BCUT2D eigenvalue weighted by Crippen LogP contribution is 2.30. The van der Waals surface area contributed by atoms with E-state index >= 15 is 0 Å². The Hall–Kier alpha value is -4.04. The summed E-state index contributed by atoms with van der Waals surface area (Å²) in [6.45, 7) is 5.96. The van der Waals surface area contributed by atoms with E-state index in [-0.39, 0.29) is 6.03 Å². The van der Waals surface area contributed by atoms with Gasteiger partial charge in [0.25, 0.3) is 0 Å². The smallest absolute Gasteiger partial charge is 0.325 e. The number of rotatable bonds is 4. The van der Waals surface area contributed by atoms with Crippen LogP contribution in [0.4, 0.5) is 21.4 Å². The third kappa shape index (κ3) is 3.61. The summed E-state index contributed by atoms with van der Waals surface area (Å²) in [5, 5.41) is 19.6. The molecule has 10 nitrogen and oxygen atoms in total. The van der Waals surface area contributed by atoms with Crippen molar-refractivity contribution in [3.05, 3.63) is 52.4 Å². The first-order valence-corrected chi connectivity index (χ1v) is 10.8. The van der Waals surface area contributed by atoms with Gasteiger partial charge in [-0.15, -0.1) is 0 Å². The van der Waals surface area contributed by atoms with Gasteiger partial charge in [0.2, 0.25) is 0 Å². The van der Waals surface area contributed by atoms with E-state index in [9.17, 15) is 4.79 Å². The number of thiazole rings is 1. The molecule has 160 valence electrons. The molecule has 4 aromatic rings. The summed E-state index contributed by atoms with van der Waals surface area (Å²) in [5.41, 5.74) is 4.73. The highest BCUT2D eigenvalue weighted by molar-refractivity contribution is 7.15. The highest BCUT2D eigenvalue weighted by Gasteiger charge is 2.24. The van der Waals surface area contributed by atoms with Crippen LogP contribution in [0.5, 0.6) is 0 Å². The van der Waals surface area contributed by atoms with Crippen LogP contribution in [-0.4, -0.2) is 37.3 Å². The van der Waals surface area contributed by atoms with Crippen LogP contribution in [0.25, 0.3) is 11.0 Å². The van der Waals surface area contributed by atoms with Gasteiger partial charge in [-0.25, -0.2) is 19.7 Å². The maximum atomic E-state index is 12.4. The fourth-order valence-corrected chi connectivity index (χ4v) is 4.59. The number of aryl methyl sites for hydroxylation is 2. The van der Waals surface area contributed by atoms with Crippen molar-refractivity contribution in [2.24, 2.45) is 0 Å². The molecule has 1 aliphatic rings. The van der Waals surface area contributed by atoms with Crippen molar-refractivity contribution in [2.75, 3.05) is 22.1 Å². The van der Waals surface area contributed by atoms with Crippen molar-refractivity contribution < 1.29 is 4.79 Å². The lowest BCUT2D eigenvalue weighted by atomic mass is 10.1. The second-order valence-electron chi connectivity index (χ2n) is 7.48. The van der Waals surface area contributed by atoms with Crippen LogP contribution in [0.3, 0.4) is 0 Å². The van der Waals surface area contributed by atoms with Gasteiger partial charge in [0.15, 0.2) is 10.9 Å². The number of carbonyl (C=O) groups excluding carboxylic acids is 1. The van der Waals surface area contributed by atoms with Gasteiger partial charge >= 0.3 is 6.03 Å². The Morgan fingerprint density at radius 2 is 2.09 bits per heavy atom. The summed E-state index contributed by atoms with van der Waals surface area (Å²) >= 11 is 1.42. The zero-order valence-electron chi connectivity index (χ0n) is 17.5. The van der Waals surface area contributed by atoms with Gasteiger partial charge in [0.1, 0.15) is 17.4 Å². The predicted octanol–water partition coefficient (Wildman–Crippen LogP) is 3.44. The number of carbonyl (C=O) groups is 1. The van der Waals surface area contributed by atoms with Crippen LogP contribution in [0.1, 0.15) is 21.7 Å². The third-order valence-corrected chi connectivity index (χ3v) is 6.18. The second kappa shape index (κ2) is 7.90. The first-order valence-electron chi connectivity index (χ1n) is 9.98. The summed E-state index contributed by atoms with van der Waals surface area (Å²) in [6, 6.07) is 6.87. The molecule has 0 saturated carbocycles. The molecule has 1 aliphatic heterocycles. The quantitative estimate of drug-likeness (QED) is 0.493. The van der Waals surface area contributed by atoms with E-state index in [4.69, 9.17) is 5.26 Å². The van der Waals surface area contributed by atoms with Gasteiger partial charge in [-0.1, -0.05) is 11.3 Å². The number of hydrogen-bond donors (Lipinski definition) is 2. The van der Waals surface area contributed by atoms with E-state index in [2.05, 4.69) is 41.7 Å². The van der Waals surface area contributed by atoms with Crippen molar-refractivity contribution in [2.45, 2.75) is 26.9 Å². The summed E-state index contributed by atoms with van der Waals surface area (Å²) in [6.07, 6.45) is 3.34. The molecule has 1 aromatic carbocycles. The Kier molecular flexibility index (Phi) is 4.91.